The van der Waals surface area contributed by atoms with Crippen molar-refractivity contribution in [2.75, 3.05) is 0 Å². The Balaban J connectivity index is 1.73. The number of hydrogen-bond acceptors (Lipinski definition) is 4. The molecule has 0 spiro atoms. The van der Waals surface area contributed by atoms with Gasteiger partial charge < -0.3 is 4.74 Å². The minimum atomic E-state index is -0.470. The number of nitrogens with zero attached hydrogens (tertiary/aromatic N) is 1. The van der Waals surface area contributed by atoms with Gasteiger partial charge in [-0.3, -0.25) is 0 Å². The number of rotatable bonds is 5. The number of para-hydroxylation sites is 1. The average Bonchev–Trinajstić information content (AvgIpc) is 2.64. The van der Waals surface area contributed by atoms with Crippen LogP contribution in [0.3, 0.4) is 0 Å². The zero-order chi connectivity index (χ0) is 16.6. The van der Waals surface area contributed by atoms with E-state index in [9.17, 15) is 4.79 Å². The average molecular weight is 338 g/mol. The van der Waals surface area contributed by atoms with Crippen molar-refractivity contribution in [2.24, 2.45) is 0 Å². The second kappa shape index (κ2) is 8.38. The first-order valence-electron chi connectivity index (χ1n) is 7.74. The summed E-state index contributed by atoms with van der Waals surface area (Å²) in [5, 5.41) is 1.43. The van der Waals surface area contributed by atoms with Crippen LogP contribution < -0.4 is 9.57 Å². The number of carbonyl (C=O) groups is 1. The maximum atomic E-state index is 12.6. The predicted molar refractivity (Wildman–Crippen MR) is 96.2 cm³/mol. The van der Waals surface area contributed by atoms with E-state index in [4.69, 9.17) is 4.74 Å². The third kappa shape index (κ3) is 4.50. The van der Waals surface area contributed by atoms with Crippen LogP contribution in [0.2, 0.25) is 0 Å². The van der Waals surface area contributed by atoms with Gasteiger partial charge in [-0.2, -0.15) is 9.84 Å². The predicted octanol–water partition coefficient (Wildman–Crippen LogP) is 4.93. The topological polar surface area (TPSA) is 41.6 Å². The highest BCUT2D eigenvalue weighted by molar-refractivity contribution is 7.97. The van der Waals surface area contributed by atoms with E-state index >= 15 is 0 Å². The summed E-state index contributed by atoms with van der Waals surface area (Å²) in [6, 6.07) is 18.9. The number of hydrazine groups is 1. The molecule has 0 heterocycles. The van der Waals surface area contributed by atoms with Crippen molar-refractivity contribution in [3.63, 3.8) is 0 Å². The Morgan fingerprint density at radius 2 is 1.71 bits per heavy atom. The van der Waals surface area contributed by atoms with E-state index in [0.29, 0.717) is 5.75 Å². The summed E-state index contributed by atoms with van der Waals surface area (Å²) in [4.78, 5) is 16.7. The van der Waals surface area contributed by atoms with Gasteiger partial charge in [0.25, 0.3) is 0 Å². The lowest BCUT2D eigenvalue weighted by atomic mass is 10.1. The maximum absolute atomic E-state index is 12.6. The van der Waals surface area contributed by atoms with E-state index in [0.717, 1.165) is 23.4 Å². The zero-order valence-corrected chi connectivity index (χ0v) is 13.9. The first-order valence-corrected chi connectivity index (χ1v) is 8.56. The third-order valence-corrected chi connectivity index (χ3v) is 4.14. The van der Waals surface area contributed by atoms with Gasteiger partial charge >= 0.3 is 6.09 Å². The van der Waals surface area contributed by atoms with Crippen LogP contribution in [0.4, 0.5) is 4.79 Å². The fourth-order valence-electron chi connectivity index (χ4n) is 2.18. The van der Waals surface area contributed by atoms with Crippen molar-refractivity contribution in [3.8, 4) is 5.75 Å². The molecule has 3 rings (SSSR count). The fraction of sp³-hybridized carbons (Fsp3) is 0.105. The normalized spacial score (nSPS) is 13.2. The minimum Gasteiger partial charge on any atom is -0.409 e. The Morgan fingerprint density at radius 1 is 1.00 bits per heavy atom. The fourth-order valence-corrected chi connectivity index (χ4v) is 2.85. The van der Waals surface area contributed by atoms with E-state index < -0.39 is 6.09 Å². The van der Waals surface area contributed by atoms with Crippen LogP contribution >= 0.6 is 11.9 Å². The molecule has 0 atom stereocenters. The molecule has 0 saturated heterocycles. The lowest BCUT2D eigenvalue weighted by Gasteiger charge is -2.24. The molecule has 1 aliphatic carbocycles. The molecule has 122 valence electrons. The maximum Gasteiger partial charge on any atom is 0.435 e. The number of benzene rings is 2. The van der Waals surface area contributed by atoms with Crippen molar-refractivity contribution in [1.29, 1.82) is 0 Å². The Labute approximate surface area is 145 Å². The first kappa shape index (κ1) is 16.4. The number of nitrogens with one attached hydrogen (secondary N) is 1. The van der Waals surface area contributed by atoms with Gasteiger partial charge in [0.2, 0.25) is 0 Å². The van der Waals surface area contributed by atoms with Gasteiger partial charge in [-0.05, 0) is 55.1 Å². The smallest absolute Gasteiger partial charge is 0.409 e. The molecule has 1 amide bonds. The molecule has 0 unspecified atom stereocenters. The number of hydrogen-bond donors (Lipinski definition) is 1. The molecule has 5 heteroatoms. The van der Waals surface area contributed by atoms with Crippen LogP contribution in [-0.4, -0.2) is 11.1 Å². The van der Waals surface area contributed by atoms with Crippen LogP contribution in [0.1, 0.15) is 12.8 Å². The van der Waals surface area contributed by atoms with Crippen molar-refractivity contribution in [3.05, 3.63) is 84.6 Å². The number of amides is 1. The van der Waals surface area contributed by atoms with Gasteiger partial charge in [0.05, 0.1) is 5.70 Å². The molecule has 0 fully saturated rings. The first-order chi connectivity index (χ1) is 11.8. The van der Waals surface area contributed by atoms with Gasteiger partial charge in [0.15, 0.2) is 0 Å². The molecular weight excluding hydrogens is 320 g/mol. The summed E-state index contributed by atoms with van der Waals surface area (Å²) in [6.07, 6.45) is 7.41. The summed E-state index contributed by atoms with van der Waals surface area (Å²) in [6.45, 7) is 0. The summed E-state index contributed by atoms with van der Waals surface area (Å²) in [7, 11) is 0. The molecule has 4 nitrogen and oxygen atoms in total. The van der Waals surface area contributed by atoms with E-state index in [1.54, 1.807) is 12.1 Å². The molecule has 0 radical (unpaired) electrons. The second-order valence-electron chi connectivity index (χ2n) is 5.13. The quantitative estimate of drug-likeness (QED) is 0.620. The highest BCUT2D eigenvalue weighted by Gasteiger charge is 2.20. The van der Waals surface area contributed by atoms with Gasteiger partial charge in [-0.25, -0.2) is 4.79 Å². The summed E-state index contributed by atoms with van der Waals surface area (Å²) < 4.78 is 5.45. The molecule has 2 aromatic carbocycles. The van der Waals surface area contributed by atoms with E-state index in [-0.39, 0.29) is 0 Å². The van der Waals surface area contributed by atoms with Crippen molar-refractivity contribution in [2.45, 2.75) is 17.7 Å². The van der Waals surface area contributed by atoms with Crippen LogP contribution in [0.25, 0.3) is 0 Å². The van der Waals surface area contributed by atoms with Gasteiger partial charge in [0, 0.05) is 4.90 Å². The van der Waals surface area contributed by atoms with Crippen LogP contribution in [0, 0.1) is 0 Å². The molecule has 2 aromatic rings. The van der Waals surface area contributed by atoms with Gasteiger partial charge in [0.1, 0.15) is 5.75 Å². The second-order valence-corrected chi connectivity index (χ2v) is 5.99. The summed E-state index contributed by atoms with van der Waals surface area (Å²) >= 11 is 1.36. The third-order valence-electron chi connectivity index (χ3n) is 3.36. The lowest BCUT2D eigenvalue weighted by molar-refractivity contribution is 0.161. The molecule has 0 bridgehead atoms. The molecule has 0 aliphatic heterocycles. The van der Waals surface area contributed by atoms with Crippen LogP contribution in [-0.2, 0) is 0 Å². The van der Waals surface area contributed by atoms with E-state index in [1.807, 2.05) is 66.8 Å². The largest absolute Gasteiger partial charge is 0.435 e. The Bertz CT molecular complexity index is 730. The molecular formula is C19H18N2O2S. The standard InChI is InChI=1S/C19H18N2O2S/c22-19(23-17-12-6-2-7-13-17)21(16-10-4-1-5-11-16)20-24-18-14-8-3-9-15-18/h2-4,6-15,20H,1,5H2. The Kier molecular flexibility index (Phi) is 5.71. The summed E-state index contributed by atoms with van der Waals surface area (Å²) in [5.74, 6) is 0.513. The SMILES string of the molecule is O=C(Oc1ccccc1)N(NSc1ccccc1)C1=CCCC=C1. The molecule has 1 aliphatic rings. The summed E-state index contributed by atoms with van der Waals surface area (Å²) in [5.41, 5.74) is 0.783. The number of ether oxygens (including phenoxy) is 1. The van der Waals surface area contributed by atoms with Crippen LogP contribution in [0.15, 0.2) is 89.5 Å². The monoisotopic (exact) mass is 338 g/mol. The zero-order valence-electron chi connectivity index (χ0n) is 13.1. The van der Waals surface area contributed by atoms with E-state index in [2.05, 4.69) is 4.83 Å². The van der Waals surface area contributed by atoms with E-state index in [1.165, 1.54) is 17.0 Å². The highest BCUT2D eigenvalue weighted by atomic mass is 32.2. The Morgan fingerprint density at radius 3 is 2.38 bits per heavy atom. The number of carbonyl (C=O) groups excluding carboxylic acids is 1. The van der Waals surface area contributed by atoms with Crippen molar-refractivity contribution >= 4 is 18.0 Å². The van der Waals surface area contributed by atoms with Gasteiger partial charge in [-0.15, -0.1) is 0 Å². The highest BCUT2D eigenvalue weighted by Crippen LogP contribution is 2.20. The molecule has 0 saturated carbocycles. The van der Waals surface area contributed by atoms with Crippen molar-refractivity contribution < 1.29 is 9.53 Å². The molecule has 0 aromatic heterocycles. The molecule has 1 N–H and O–H groups in total. The lowest BCUT2D eigenvalue weighted by Crippen LogP contribution is -2.40. The Hall–Kier alpha value is -2.50. The van der Waals surface area contributed by atoms with Crippen LogP contribution in [0.5, 0.6) is 5.75 Å². The minimum absolute atomic E-state index is 0.470. The number of allylic oxidation sites excluding steroid dienone is 3. The molecule has 24 heavy (non-hydrogen) atoms. The van der Waals surface area contributed by atoms with Crippen molar-refractivity contribution in [1.82, 2.24) is 9.84 Å². The van der Waals surface area contributed by atoms with Gasteiger partial charge in [-0.1, -0.05) is 48.6 Å².